The molecule has 0 aliphatic heterocycles. The summed E-state index contributed by atoms with van der Waals surface area (Å²) in [6, 6.07) is 4.62. The van der Waals surface area contributed by atoms with Crippen LogP contribution in [0.5, 0.6) is 0 Å². The van der Waals surface area contributed by atoms with E-state index < -0.39 is 6.10 Å². The maximum Gasteiger partial charge on any atom is 0.123 e. The van der Waals surface area contributed by atoms with Gasteiger partial charge in [0.1, 0.15) is 11.9 Å². The number of rotatable bonds is 4. The molecule has 0 radical (unpaired) electrons. The Kier molecular flexibility index (Phi) is 4.88. The lowest BCUT2D eigenvalue weighted by molar-refractivity contribution is -0.0899. The molecule has 3 heteroatoms. The topological polar surface area (TPSA) is 29.5 Å². The van der Waals surface area contributed by atoms with Crippen molar-refractivity contribution >= 4 is 0 Å². The van der Waals surface area contributed by atoms with E-state index in [1.54, 1.807) is 6.07 Å². The normalized spacial score (nSPS) is 15.5. The third-order valence-electron chi connectivity index (χ3n) is 2.89. The van der Waals surface area contributed by atoms with Gasteiger partial charge >= 0.3 is 0 Å². The van der Waals surface area contributed by atoms with Crippen LogP contribution in [0.25, 0.3) is 0 Å². The number of aliphatic hydroxyl groups excluding tert-OH is 1. The van der Waals surface area contributed by atoms with Gasteiger partial charge in [-0.15, -0.1) is 0 Å². The van der Waals surface area contributed by atoms with Crippen LogP contribution in [0.4, 0.5) is 4.39 Å². The van der Waals surface area contributed by atoms with E-state index in [1.165, 1.54) is 12.1 Å². The molecule has 0 aliphatic carbocycles. The van der Waals surface area contributed by atoms with E-state index in [0.29, 0.717) is 12.2 Å². The molecule has 0 bridgehead atoms. The van der Waals surface area contributed by atoms with E-state index in [0.717, 1.165) is 5.56 Å². The highest BCUT2D eigenvalue weighted by molar-refractivity contribution is 5.26. The van der Waals surface area contributed by atoms with E-state index in [4.69, 9.17) is 4.74 Å². The van der Waals surface area contributed by atoms with Crippen molar-refractivity contribution in [3.05, 3.63) is 35.1 Å². The summed E-state index contributed by atoms with van der Waals surface area (Å²) < 4.78 is 19.0. The standard InChI is InChI=1S/C15H23FO2/c1-6-18-14(15(3,4)5)13(17)11-7-10(2)8-12(16)9-11/h7-9,13-14,17H,6H2,1-5H3. The quantitative estimate of drug-likeness (QED) is 0.889. The van der Waals surface area contributed by atoms with Gasteiger partial charge < -0.3 is 9.84 Å². The highest BCUT2D eigenvalue weighted by Crippen LogP contribution is 2.33. The smallest absolute Gasteiger partial charge is 0.123 e. The second kappa shape index (κ2) is 5.81. The average Bonchev–Trinajstić information content (AvgIpc) is 2.22. The monoisotopic (exact) mass is 254 g/mol. The zero-order valence-corrected chi connectivity index (χ0v) is 11.8. The van der Waals surface area contributed by atoms with Gasteiger partial charge in [0.05, 0.1) is 6.10 Å². The molecule has 18 heavy (non-hydrogen) atoms. The zero-order chi connectivity index (χ0) is 13.9. The van der Waals surface area contributed by atoms with Gasteiger partial charge in [0.25, 0.3) is 0 Å². The number of aryl methyl sites for hydroxylation is 1. The van der Waals surface area contributed by atoms with E-state index >= 15 is 0 Å². The molecule has 102 valence electrons. The number of halogens is 1. The minimum atomic E-state index is -0.820. The highest BCUT2D eigenvalue weighted by atomic mass is 19.1. The van der Waals surface area contributed by atoms with Gasteiger partial charge in [0, 0.05) is 6.61 Å². The summed E-state index contributed by atoms with van der Waals surface area (Å²) in [6.07, 6.45) is -1.18. The van der Waals surface area contributed by atoms with E-state index in [2.05, 4.69) is 0 Å². The number of benzene rings is 1. The molecule has 1 N–H and O–H groups in total. The molecule has 0 heterocycles. The third-order valence-corrected chi connectivity index (χ3v) is 2.89. The van der Waals surface area contributed by atoms with Crippen molar-refractivity contribution in [2.45, 2.75) is 46.8 Å². The summed E-state index contributed by atoms with van der Waals surface area (Å²) in [5.41, 5.74) is 1.16. The first-order valence-corrected chi connectivity index (χ1v) is 6.32. The highest BCUT2D eigenvalue weighted by Gasteiger charge is 2.33. The Balaban J connectivity index is 3.05. The van der Waals surface area contributed by atoms with Crippen LogP contribution in [0.1, 0.15) is 44.9 Å². The molecular weight excluding hydrogens is 231 g/mol. The van der Waals surface area contributed by atoms with Gasteiger partial charge in [0.15, 0.2) is 0 Å². The van der Waals surface area contributed by atoms with Crippen LogP contribution in [0, 0.1) is 18.2 Å². The summed E-state index contributed by atoms with van der Waals surface area (Å²) in [6.45, 7) is 10.2. The van der Waals surface area contributed by atoms with Crippen LogP contribution in [-0.4, -0.2) is 17.8 Å². The lowest BCUT2D eigenvalue weighted by atomic mass is 9.83. The summed E-state index contributed by atoms with van der Waals surface area (Å²) >= 11 is 0. The predicted octanol–water partition coefficient (Wildman–Crippen LogP) is 3.62. The molecule has 2 unspecified atom stereocenters. The van der Waals surface area contributed by atoms with Gasteiger partial charge in [-0.3, -0.25) is 0 Å². The second-order valence-corrected chi connectivity index (χ2v) is 5.75. The van der Waals surface area contributed by atoms with E-state index in [1.807, 2.05) is 34.6 Å². The Morgan fingerprint density at radius 2 is 1.89 bits per heavy atom. The van der Waals surface area contributed by atoms with Crippen LogP contribution in [0.3, 0.4) is 0 Å². The minimum Gasteiger partial charge on any atom is -0.386 e. The van der Waals surface area contributed by atoms with E-state index in [-0.39, 0.29) is 17.3 Å². The molecule has 2 atom stereocenters. The molecule has 0 spiro atoms. The minimum absolute atomic E-state index is 0.213. The molecule has 0 saturated carbocycles. The number of ether oxygens (including phenoxy) is 1. The SMILES string of the molecule is CCOC(C(O)c1cc(C)cc(F)c1)C(C)(C)C. The van der Waals surface area contributed by atoms with Gasteiger partial charge in [-0.25, -0.2) is 4.39 Å². The molecule has 0 fully saturated rings. The third kappa shape index (κ3) is 3.79. The molecule has 1 rings (SSSR count). The van der Waals surface area contributed by atoms with Gasteiger partial charge in [-0.2, -0.15) is 0 Å². The van der Waals surface area contributed by atoms with Gasteiger partial charge in [-0.05, 0) is 42.5 Å². The Morgan fingerprint density at radius 1 is 1.28 bits per heavy atom. The van der Waals surface area contributed by atoms with Crippen molar-refractivity contribution in [1.82, 2.24) is 0 Å². The first-order valence-electron chi connectivity index (χ1n) is 6.32. The molecular formula is C15H23FO2. The molecule has 1 aromatic carbocycles. The van der Waals surface area contributed by atoms with Crippen LogP contribution in [-0.2, 0) is 4.74 Å². The van der Waals surface area contributed by atoms with Crippen molar-refractivity contribution in [3.63, 3.8) is 0 Å². The summed E-state index contributed by atoms with van der Waals surface area (Å²) in [7, 11) is 0. The van der Waals surface area contributed by atoms with Crippen molar-refractivity contribution in [3.8, 4) is 0 Å². The average molecular weight is 254 g/mol. The zero-order valence-electron chi connectivity index (χ0n) is 11.8. The number of hydrogen-bond acceptors (Lipinski definition) is 2. The molecule has 0 aromatic heterocycles. The number of hydrogen-bond donors (Lipinski definition) is 1. The lowest BCUT2D eigenvalue weighted by Crippen LogP contribution is -2.35. The number of aliphatic hydroxyl groups is 1. The first kappa shape index (κ1) is 15.1. The molecule has 2 nitrogen and oxygen atoms in total. The molecule has 0 aliphatic rings. The fourth-order valence-corrected chi connectivity index (χ4v) is 2.10. The van der Waals surface area contributed by atoms with Crippen LogP contribution < -0.4 is 0 Å². The molecule has 1 aromatic rings. The van der Waals surface area contributed by atoms with Gasteiger partial charge in [0.2, 0.25) is 0 Å². The van der Waals surface area contributed by atoms with Crippen LogP contribution in [0.2, 0.25) is 0 Å². The summed E-state index contributed by atoms with van der Waals surface area (Å²) in [4.78, 5) is 0. The Morgan fingerprint density at radius 3 is 2.33 bits per heavy atom. The summed E-state index contributed by atoms with van der Waals surface area (Å²) in [5, 5.41) is 10.4. The van der Waals surface area contributed by atoms with E-state index in [9.17, 15) is 9.50 Å². The van der Waals surface area contributed by atoms with Crippen LogP contribution in [0.15, 0.2) is 18.2 Å². The fourth-order valence-electron chi connectivity index (χ4n) is 2.10. The maximum absolute atomic E-state index is 13.4. The Hall–Kier alpha value is -0.930. The van der Waals surface area contributed by atoms with Crippen molar-refractivity contribution in [2.75, 3.05) is 6.61 Å². The molecule has 0 amide bonds. The second-order valence-electron chi connectivity index (χ2n) is 5.75. The fraction of sp³-hybridized carbons (Fsp3) is 0.600. The lowest BCUT2D eigenvalue weighted by Gasteiger charge is -2.34. The summed E-state index contributed by atoms with van der Waals surface area (Å²) in [5.74, 6) is -0.326. The predicted molar refractivity (Wildman–Crippen MR) is 71.0 cm³/mol. The van der Waals surface area contributed by atoms with Crippen molar-refractivity contribution in [2.24, 2.45) is 5.41 Å². The Labute approximate surface area is 109 Å². The van der Waals surface area contributed by atoms with Crippen LogP contribution >= 0.6 is 0 Å². The maximum atomic E-state index is 13.4. The largest absolute Gasteiger partial charge is 0.386 e. The Bertz CT molecular complexity index is 376. The van der Waals surface area contributed by atoms with Gasteiger partial charge in [-0.1, -0.05) is 26.8 Å². The van der Waals surface area contributed by atoms with Crippen molar-refractivity contribution < 1.29 is 14.2 Å². The van der Waals surface area contributed by atoms with Crippen molar-refractivity contribution in [1.29, 1.82) is 0 Å². The first-order chi connectivity index (χ1) is 8.25. The molecule has 0 saturated heterocycles.